The third kappa shape index (κ3) is 5.48. The van der Waals surface area contributed by atoms with E-state index in [1.807, 2.05) is 11.9 Å². The minimum absolute atomic E-state index is 0. The van der Waals surface area contributed by atoms with Crippen molar-refractivity contribution in [3.8, 4) is 0 Å². The van der Waals surface area contributed by atoms with Gasteiger partial charge in [-0.2, -0.15) is 0 Å². The molecule has 3 rings (SSSR count). The van der Waals surface area contributed by atoms with Crippen molar-refractivity contribution in [1.29, 1.82) is 0 Å². The Bertz CT molecular complexity index is 526. The second-order valence-electron chi connectivity index (χ2n) is 7.95. The zero-order valence-electron chi connectivity index (χ0n) is 17.5. The average Bonchev–Trinajstić information content (AvgIpc) is 3.24. The zero-order chi connectivity index (χ0) is 19.3. The van der Waals surface area contributed by atoms with E-state index in [4.69, 9.17) is 9.47 Å². The summed E-state index contributed by atoms with van der Waals surface area (Å²) < 4.78 is 11.1. The van der Waals surface area contributed by atoms with Crippen molar-refractivity contribution in [2.45, 2.75) is 37.3 Å². The van der Waals surface area contributed by atoms with Crippen molar-refractivity contribution in [3.05, 3.63) is 0 Å². The highest BCUT2D eigenvalue weighted by Gasteiger charge is 2.36. The molecule has 0 aromatic carbocycles. The van der Waals surface area contributed by atoms with Crippen molar-refractivity contribution in [3.63, 3.8) is 0 Å². The molecule has 1 N–H and O–H groups in total. The van der Waals surface area contributed by atoms with E-state index in [1.54, 1.807) is 0 Å². The maximum Gasteiger partial charge on any atom is 0.251 e. The molecule has 0 aromatic rings. The lowest BCUT2D eigenvalue weighted by Gasteiger charge is -2.44. The quantitative estimate of drug-likeness (QED) is 0.341. The summed E-state index contributed by atoms with van der Waals surface area (Å²) in [4.78, 5) is 23.5. The molecule has 0 saturated carbocycles. The van der Waals surface area contributed by atoms with Gasteiger partial charge in [-0.05, 0) is 39.8 Å². The van der Waals surface area contributed by atoms with Crippen LogP contribution in [-0.4, -0.2) is 112 Å². The minimum atomic E-state index is -0.220. The van der Waals surface area contributed by atoms with Crippen LogP contribution in [0.1, 0.15) is 25.7 Å². The molecule has 1 unspecified atom stereocenters. The molecule has 0 aromatic heterocycles. The van der Waals surface area contributed by atoms with E-state index >= 15 is 0 Å². The number of hydrogen-bond donors (Lipinski definition) is 1. The molecule has 3 aliphatic heterocycles. The Kier molecular flexibility index (Phi) is 9.23. The van der Waals surface area contributed by atoms with Crippen LogP contribution in [0.15, 0.2) is 4.99 Å². The lowest BCUT2D eigenvalue weighted by atomic mass is 9.88. The Morgan fingerprint density at radius 2 is 1.79 bits per heavy atom. The predicted octanol–water partition coefficient (Wildman–Crippen LogP) is 0.614. The first-order chi connectivity index (χ1) is 13.1. The number of carbonyl (C=O) groups excluding carboxylic acids is 1. The smallest absolute Gasteiger partial charge is 0.251 e. The third-order valence-corrected chi connectivity index (χ3v) is 6.26. The normalized spacial score (nSPS) is 25.6. The van der Waals surface area contributed by atoms with Crippen molar-refractivity contribution in [1.82, 2.24) is 20.0 Å². The minimum Gasteiger partial charge on any atom is -0.381 e. The van der Waals surface area contributed by atoms with Crippen LogP contribution in [0.3, 0.4) is 0 Å². The lowest BCUT2D eigenvalue weighted by molar-refractivity contribution is -0.142. The number of rotatable bonds is 4. The molecule has 0 aliphatic carbocycles. The van der Waals surface area contributed by atoms with Gasteiger partial charge in [0, 0.05) is 65.1 Å². The highest BCUT2D eigenvalue weighted by Crippen LogP contribution is 2.25. The third-order valence-electron chi connectivity index (χ3n) is 6.26. The van der Waals surface area contributed by atoms with Gasteiger partial charge in [0.25, 0.3) is 5.91 Å². The maximum atomic E-state index is 12.5. The van der Waals surface area contributed by atoms with E-state index in [2.05, 4.69) is 34.2 Å². The Hall–Kier alpha value is -0.650. The molecule has 3 fully saturated rings. The van der Waals surface area contributed by atoms with Crippen LogP contribution in [0.5, 0.6) is 0 Å². The van der Waals surface area contributed by atoms with Crippen molar-refractivity contribution in [2.75, 3.05) is 73.7 Å². The Morgan fingerprint density at radius 1 is 1.14 bits per heavy atom. The summed E-state index contributed by atoms with van der Waals surface area (Å²) >= 11 is 0. The van der Waals surface area contributed by atoms with Crippen LogP contribution >= 0.6 is 24.0 Å². The van der Waals surface area contributed by atoms with Crippen LogP contribution in [0.25, 0.3) is 0 Å². The number of ether oxygens (including phenoxy) is 2. The molecule has 0 bridgehead atoms. The van der Waals surface area contributed by atoms with E-state index in [0.717, 1.165) is 77.6 Å². The number of likely N-dealkylation sites (N-methyl/N-ethyl adjacent to an activating group) is 1. The molecule has 9 heteroatoms. The van der Waals surface area contributed by atoms with Crippen molar-refractivity contribution < 1.29 is 14.3 Å². The van der Waals surface area contributed by atoms with Gasteiger partial charge in [-0.3, -0.25) is 9.79 Å². The van der Waals surface area contributed by atoms with Crippen LogP contribution in [0.4, 0.5) is 0 Å². The van der Waals surface area contributed by atoms with Gasteiger partial charge in [-0.1, -0.05) is 0 Å². The van der Waals surface area contributed by atoms with Gasteiger partial charge in [-0.15, -0.1) is 24.0 Å². The van der Waals surface area contributed by atoms with Gasteiger partial charge >= 0.3 is 0 Å². The molecule has 3 heterocycles. The summed E-state index contributed by atoms with van der Waals surface area (Å²) in [6, 6.07) is 0. The molecule has 8 nitrogen and oxygen atoms in total. The van der Waals surface area contributed by atoms with Gasteiger partial charge < -0.3 is 29.5 Å². The van der Waals surface area contributed by atoms with Crippen LogP contribution in [-0.2, 0) is 14.3 Å². The van der Waals surface area contributed by atoms with Gasteiger partial charge in [0.2, 0.25) is 0 Å². The number of aliphatic imine (C=N–C) groups is 1. The SMILES string of the molecule is CN=C(NCC1(N(C)C)CCOCC1)N1CCN(C(=O)C2CCCO2)CC1.I. The summed E-state index contributed by atoms with van der Waals surface area (Å²) in [6.45, 7) is 6.24. The summed E-state index contributed by atoms with van der Waals surface area (Å²) in [7, 11) is 6.12. The molecule has 3 saturated heterocycles. The first kappa shape index (κ1) is 23.6. The van der Waals surface area contributed by atoms with Gasteiger partial charge in [-0.25, -0.2) is 0 Å². The number of carbonyl (C=O) groups is 1. The Morgan fingerprint density at radius 3 is 2.32 bits per heavy atom. The summed E-state index contributed by atoms with van der Waals surface area (Å²) in [5.74, 6) is 1.08. The second-order valence-corrected chi connectivity index (χ2v) is 7.95. The van der Waals surface area contributed by atoms with Crippen LogP contribution in [0.2, 0.25) is 0 Å². The molecular weight excluding hydrogens is 473 g/mol. The van der Waals surface area contributed by atoms with Crippen LogP contribution < -0.4 is 5.32 Å². The zero-order valence-corrected chi connectivity index (χ0v) is 19.8. The lowest BCUT2D eigenvalue weighted by Crippen LogP contribution is -2.59. The highest BCUT2D eigenvalue weighted by molar-refractivity contribution is 14.0. The number of nitrogens with one attached hydrogen (secondary N) is 1. The first-order valence-corrected chi connectivity index (χ1v) is 10.2. The van der Waals surface area contributed by atoms with Gasteiger partial charge in [0.05, 0.1) is 0 Å². The molecule has 1 atom stereocenters. The van der Waals surface area contributed by atoms with Gasteiger partial charge in [0.1, 0.15) is 6.10 Å². The van der Waals surface area contributed by atoms with Crippen molar-refractivity contribution in [2.24, 2.45) is 4.99 Å². The predicted molar refractivity (Wildman–Crippen MR) is 120 cm³/mol. The van der Waals surface area contributed by atoms with Crippen LogP contribution in [0, 0.1) is 0 Å². The van der Waals surface area contributed by atoms with E-state index in [1.165, 1.54) is 0 Å². The van der Waals surface area contributed by atoms with E-state index in [9.17, 15) is 4.79 Å². The number of nitrogens with zero attached hydrogens (tertiary/aromatic N) is 4. The molecule has 0 spiro atoms. The monoisotopic (exact) mass is 509 g/mol. The Balaban J connectivity index is 0.00000280. The fraction of sp³-hybridized carbons (Fsp3) is 0.895. The molecule has 162 valence electrons. The molecule has 0 radical (unpaired) electrons. The van der Waals surface area contributed by atoms with E-state index in [0.29, 0.717) is 6.61 Å². The van der Waals surface area contributed by atoms with E-state index in [-0.39, 0.29) is 41.5 Å². The molecule has 3 aliphatic rings. The largest absolute Gasteiger partial charge is 0.381 e. The van der Waals surface area contributed by atoms with Crippen molar-refractivity contribution >= 4 is 35.8 Å². The summed E-state index contributed by atoms with van der Waals surface area (Å²) in [5.41, 5.74) is 0.103. The number of guanidine groups is 1. The fourth-order valence-corrected chi connectivity index (χ4v) is 4.22. The standard InChI is InChI=1S/C19H35N5O3.HI/c1-20-18(21-15-19(22(2)3)6-13-26-14-7-19)24-10-8-23(9-11-24)17(25)16-5-4-12-27-16;/h16H,4-15H2,1-3H3,(H,20,21);1H. The number of piperazine rings is 1. The maximum absolute atomic E-state index is 12.5. The van der Waals surface area contributed by atoms with Gasteiger partial charge in [0.15, 0.2) is 5.96 Å². The number of amides is 1. The number of hydrogen-bond acceptors (Lipinski definition) is 5. The average molecular weight is 509 g/mol. The summed E-state index contributed by atoms with van der Waals surface area (Å²) in [5, 5.41) is 3.58. The second kappa shape index (κ2) is 10.9. The molecule has 1 amide bonds. The van der Waals surface area contributed by atoms with E-state index < -0.39 is 0 Å². The Labute approximate surface area is 186 Å². The molecular formula is C19H36IN5O3. The fourth-order valence-electron chi connectivity index (χ4n) is 4.22. The highest BCUT2D eigenvalue weighted by atomic mass is 127. The summed E-state index contributed by atoms with van der Waals surface area (Å²) in [6.07, 6.45) is 3.67. The topological polar surface area (TPSA) is 69.6 Å². The first-order valence-electron chi connectivity index (χ1n) is 10.2. The number of halogens is 1. The molecule has 28 heavy (non-hydrogen) atoms.